The lowest BCUT2D eigenvalue weighted by atomic mass is 9.58. The second kappa shape index (κ2) is 8.50. The number of carbonyl (C=O) groups is 1. The maximum atomic E-state index is 13.1. The normalized spacial score (nSPS) is 16.6. The fourth-order valence-corrected chi connectivity index (χ4v) is 3.82. The van der Waals surface area contributed by atoms with Gasteiger partial charge in [-0.25, -0.2) is 8.42 Å². The Labute approximate surface area is 167 Å². The number of nitrogens with one attached hydrogen (secondary N) is 1. The van der Waals surface area contributed by atoms with Gasteiger partial charge in [-0.3, -0.25) is 4.79 Å². The largest absolute Gasteiger partial charge is 0.511 e. The molecule has 0 rings (SSSR count). The lowest BCUT2D eigenvalue weighted by Crippen LogP contribution is -2.53. The highest BCUT2D eigenvalue weighted by Crippen LogP contribution is 2.50. The van der Waals surface area contributed by atoms with Gasteiger partial charge in [0.15, 0.2) is 0 Å². The molecule has 168 valence electrons. The molecule has 1 atom stereocenters. The van der Waals surface area contributed by atoms with E-state index in [-0.39, 0.29) is 5.41 Å². The van der Waals surface area contributed by atoms with Crippen LogP contribution in [0.1, 0.15) is 81.6 Å². The Balaban J connectivity index is 5.56. The van der Waals surface area contributed by atoms with Crippen LogP contribution in [-0.4, -0.2) is 32.0 Å². The third kappa shape index (κ3) is 6.61. The van der Waals surface area contributed by atoms with Gasteiger partial charge < -0.3 is 4.74 Å². The number of rotatable bonds is 10. The first-order valence-corrected chi connectivity index (χ1v) is 10.9. The van der Waals surface area contributed by atoms with E-state index in [0.717, 1.165) is 6.42 Å². The molecule has 0 aliphatic heterocycles. The van der Waals surface area contributed by atoms with E-state index < -0.39 is 44.5 Å². The molecule has 0 aromatic rings. The first kappa shape index (κ1) is 27.2. The highest BCUT2D eigenvalue weighted by molar-refractivity contribution is 7.90. The average Bonchev–Trinajstić information content (AvgIpc) is 2.49. The minimum absolute atomic E-state index is 0.145. The van der Waals surface area contributed by atoms with Crippen LogP contribution >= 0.6 is 0 Å². The Morgan fingerprint density at radius 3 is 1.75 bits per heavy atom. The zero-order valence-corrected chi connectivity index (χ0v) is 19.3. The summed E-state index contributed by atoms with van der Waals surface area (Å²) in [5.41, 5.74) is -8.50. The fraction of sp³-hybridized carbons (Fsp3) is 0.947. The van der Waals surface area contributed by atoms with Crippen molar-refractivity contribution in [2.24, 2.45) is 16.2 Å². The predicted molar refractivity (Wildman–Crippen MR) is 104 cm³/mol. The topological polar surface area (TPSA) is 72.5 Å². The van der Waals surface area contributed by atoms with E-state index in [1.807, 2.05) is 48.5 Å². The van der Waals surface area contributed by atoms with Crippen LogP contribution in [0.5, 0.6) is 0 Å². The van der Waals surface area contributed by atoms with Crippen molar-refractivity contribution in [3.63, 3.8) is 0 Å². The Morgan fingerprint density at radius 1 is 0.929 bits per heavy atom. The molecule has 0 saturated heterocycles. The average molecular weight is 432 g/mol. The molecule has 0 aromatic carbocycles. The SMILES string of the molecule is CCC(C)(C)CC(C)(C(=O)OCC(C)(C)NS(=O)(=O)C(F)(F)F)C(C)(C)CC. The number of ether oxygens (including phenoxy) is 1. The number of sulfonamides is 1. The highest BCUT2D eigenvalue weighted by Gasteiger charge is 2.51. The molecule has 28 heavy (non-hydrogen) atoms. The van der Waals surface area contributed by atoms with Crippen LogP contribution in [0.2, 0.25) is 0 Å². The van der Waals surface area contributed by atoms with E-state index in [1.165, 1.54) is 13.8 Å². The summed E-state index contributed by atoms with van der Waals surface area (Å²) in [4.78, 5) is 13.1. The quantitative estimate of drug-likeness (QED) is 0.493. The van der Waals surface area contributed by atoms with Gasteiger partial charge in [0.05, 0.1) is 11.0 Å². The maximum Gasteiger partial charge on any atom is 0.511 e. The fourth-order valence-electron chi connectivity index (χ4n) is 2.92. The first-order chi connectivity index (χ1) is 12.2. The summed E-state index contributed by atoms with van der Waals surface area (Å²) in [5.74, 6) is -0.542. The lowest BCUT2D eigenvalue weighted by Gasteiger charge is -2.46. The molecule has 1 N–H and O–H groups in total. The third-order valence-electron chi connectivity index (χ3n) is 5.90. The van der Waals surface area contributed by atoms with Gasteiger partial charge >= 0.3 is 21.5 Å². The monoisotopic (exact) mass is 431 g/mol. The molecule has 9 heteroatoms. The molecule has 0 aliphatic carbocycles. The molecule has 0 aliphatic rings. The van der Waals surface area contributed by atoms with E-state index in [1.54, 1.807) is 4.72 Å². The maximum absolute atomic E-state index is 13.1. The van der Waals surface area contributed by atoms with Crippen LogP contribution in [0.15, 0.2) is 0 Å². The van der Waals surface area contributed by atoms with Gasteiger partial charge in [0, 0.05) is 0 Å². The second-order valence-corrected chi connectivity index (χ2v) is 11.4. The van der Waals surface area contributed by atoms with Crippen molar-refractivity contribution < 1.29 is 31.1 Å². The van der Waals surface area contributed by atoms with Gasteiger partial charge in [-0.15, -0.1) is 0 Å². The minimum atomic E-state index is -5.55. The van der Waals surface area contributed by atoms with Gasteiger partial charge in [-0.05, 0) is 44.4 Å². The zero-order valence-electron chi connectivity index (χ0n) is 18.5. The van der Waals surface area contributed by atoms with Gasteiger partial charge in [0.2, 0.25) is 0 Å². The molecule has 0 fully saturated rings. The van der Waals surface area contributed by atoms with Crippen molar-refractivity contribution in [1.29, 1.82) is 0 Å². The van der Waals surface area contributed by atoms with E-state index in [2.05, 4.69) is 0 Å². The molecule has 0 radical (unpaired) electrons. The second-order valence-electron chi connectivity index (χ2n) is 9.78. The molecule has 0 amide bonds. The minimum Gasteiger partial charge on any atom is -0.463 e. The molecule has 5 nitrogen and oxygen atoms in total. The van der Waals surface area contributed by atoms with Crippen LogP contribution in [0.3, 0.4) is 0 Å². The standard InChI is InChI=1S/C19H36F3NO4S/c1-10-15(3,4)12-18(9,16(5,6)11-2)14(24)27-13-17(7,8)23-28(25,26)19(20,21)22/h23H,10-13H2,1-9H3. The summed E-state index contributed by atoms with van der Waals surface area (Å²) in [5, 5.41) is 0. The molecular weight excluding hydrogens is 395 g/mol. The van der Waals surface area contributed by atoms with E-state index in [9.17, 15) is 26.4 Å². The summed E-state index contributed by atoms with van der Waals surface area (Å²) in [6.07, 6.45) is 2.07. The van der Waals surface area contributed by atoms with Gasteiger partial charge in [-0.1, -0.05) is 48.0 Å². The Morgan fingerprint density at radius 2 is 1.39 bits per heavy atom. The van der Waals surface area contributed by atoms with Crippen molar-refractivity contribution in [3.8, 4) is 0 Å². The van der Waals surface area contributed by atoms with Gasteiger partial charge in [-0.2, -0.15) is 17.9 Å². The van der Waals surface area contributed by atoms with Crippen molar-refractivity contribution in [3.05, 3.63) is 0 Å². The number of alkyl halides is 3. The molecule has 0 aromatic heterocycles. The van der Waals surface area contributed by atoms with E-state index >= 15 is 0 Å². The molecular formula is C19H36F3NO4S. The van der Waals surface area contributed by atoms with Gasteiger partial charge in [0.25, 0.3) is 0 Å². The van der Waals surface area contributed by atoms with E-state index in [0.29, 0.717) is 12.8 Å². The smallest absolute Gasteiger partial charge is 0.463 e. The lowest BCUT2D eigenvalue weighted by molar-refractivity contribution is -0.168. The van der Waals surface area contributed by atoms with Gasteiger partial charge in [0.1, 0.15) is 6.61 Å². The van der Waals surface area contributed by atoms with Crippen LogP contribution in [0.25, 0.3) is 0 Å². The number of esters is 1. The van der Waals surface area contributed by atoms with Crippen molar-refractivity contribution in [2.75, 3.05) is 6.61 Å². The third-order valence-corrected chi connectivity index (χ3v) is 7.33. The molecule has 0 saturated carbocycles. The van der Waals surface area contributed by atoms with Crippen molar-refractivity contribution in [1.82, 2.24) is 4.72 Å². The Bertz CT molecular complexity index is 655. The van der Waals surface area contributed by atoms with Crippen molar-refractivity contribution >= 4 is 16.0 Å². The molecule has 0 spiro atoms. The summed E-state index contributed by atoms with van der Waals surface area (Å²) in [7, 11) is -5.55. The number of carbonyl (C=O) groups excluding carboxylic acids is 1. The Hall–Kier alpha value is -0.830. The molecule has 1 unspecified atom stereocenters. The zero-order chi connectivity index (χ0) is 22.8. The number of hydrogen-bond acceptors (Lipinski definition) is 4. The Kier molecular flexibility index (Phi) is 8.25. The summed E-state index contributed by atoms with van der Waals surface area (Å²) in [6.45, 7) is 15.8. The van der Waals surface area contributed by atoms with Crippen molar-refractivity contribution in [2.45, 2.75) is 92.6 Å². The van der Waals surface area contributed by atoms with E-state index in [4.69, 9.17) is 4.74 Å². The molecule has 0 heterocycles. The number of halogens is 3. The van der Waals surface area contributed by atoms with Crippen LogP contribution in [0, 0.1) is 16.2 Å². The first-order valence-electron chi connectivity index (χ1n) is 9.44. The van der Waals surface area contributed by atoms with Crippen LogP contribution in [0.4, 0.5) is 13.2 Å². The van der Waals surface area contributed by atoms with Crippen LogP contribution < -0.4 is 4.72 Å². The predicted octanol–water partition coefficient (Wildman–Crippen LogP) is 5.02. The summed E-state index contributed by atoms with van der Waals surface area (Å²) in [6, 6.07) is 0. The number of hydrogen-bond donors (Lipinski definition) is 1. The highest BCUT2D eigenvalue weighted by atomic mass is 32.2. The summed E-state index contributed by atoms with van der Waals surface area (Å²) < 4.78 is 67.5. The summed E-state index contributed by atoms with van der Waals surface area (Å²) >= 11 is 0. The molecule has 0 bridgehead atoms. The van der Waals surface area contributed by atoms with Crippen LogP contribution in [-0.2, 0) is 19.6 Å².